The quantitative estimate of drug-likeness (QED) is 0.272. The monoisotopic (exact) mass is 425 g/mol. The van der Waals surface area contributed by atoms with Crippen molar-refractivity contribution in [1.82, 2.24) is 15.0 Å². The second-order valence-electron chi connectivity index (χ2n) is 8.71. The average molecular weight is 426 g/mol. The lowest BCUT2D eigenvalue weighted by Gasteiger charge is -2.13. The van der Waals surface area contributed by atoms with E-state index in [4.69, 9.17) is 15.0 Å². The predicted molar refractivity (Wildman–Crippen MR) is 137 cm³/mol. The molecule has 0 saturated carbocycles. The summed E-state index contributed by atoms with van der Waals surface area (Å²) in [4.78, 5) is 14.5. The highest BCUT2D eigenvalue weighted by atomic mass is 15.0. The summed E-state index contributed by atoms with van der Waals surface area (Å²) in [5, 5.41) is 7.52. The highest BCUT2D eigenvalue weighted by Crippen LogP contribution is 2.36. The van der Waals surface area contributed by atoms with Crippen LogP contribution in [0.1, 0.15) is 25.6 Å². The second kappa shape index (κ2) is 7.79. The van der Waals surface area contributed by atoms with Gasteiger partial charge in [0.15, 0.2) is 11.6 Å². The molecule has 0 radical (unpaired) electrons. The smallest absolute Gasteiger partial charge is 0.163 e. The Kier molecular flexibility index (Phi) is 4.62. The van der Waals surface area contributed by atoms with Crippen molar-refractivity contribution in [1.29, 1.82) is 0 Å². The van der Waals surface area contributed by atoms with Crippen molar-refractivity contribution < 1.29 is 0 Å². The molecular formula is C30H23N3. The van der Waals surface area contributed by atoms with Crippen LogP contribution in [0, 0.1) is 0 Å². The van der Waals surface area contributed by atoms with Crippen LogP contribution < -0.4 is 0 Å². The highest BCUT2D eigenvalue weighted by Gasteiger charge is 2.14. The number of rotatable bonds is 3. The summed E-state index contributed by atoms with van der Waals surface area (Å²) in [6, 6.07) is 34.0. The van der Waals surface area contributed by atoms with Crippen LogP contribution in [0.3, 0.4) is 0 Å². The van der Waals surface area contributed by atoms with Gasteiger partial charge >= 0.3 is 0 Å². The Morgan fingerprint density at radius 3 is 1.52 bits per heavy atom. The van der Waals surface area contributed by atoms with Gasteiger partial charge in [-0.25, -0.2) is 15.0 Å². The molecule has 3 nitrogen and oxygen atoms in total. The van der Waals surface area contributed by atoms with Gasteiger partial charge in [0.1, 0.15) is 5.82 Å². The first kappa shape index (κ1) is 19.6. The molecule has 1 aromatic heterocycles. The van der Waals surface area contributed by atoms with E-state index in [9.17, 15) is 0 Å². The molecule has 33 heavy (non-hydrogen) atoms. The van der Waals surface area contributed by atoms with Gasteiger partial charge in [0.2, 0.25) is 0 Å². The van der Waals surface area contributed by atoms with Crippen LogP contribution >= 0.6 is 0 Å². The molecule has 0 amide bonds. The third kappa shape index (κ3) is 3.33. The summed E-state index contributed by atoms with van der Waals surface area (Å²) in [7, 11) is 0. The van der Waals surface area contributed by atoms with E-state index >= 15 is 0 Å². The Balaban J connectivity index is 1.63. The number of benzene rings is 5. The molecular weight excluding hydrogens is 402 g/mol. The van der Waals surface area contributed by atoms with Crippen LogP contribution in [0.4, 0.5) is 0 Å². The molecule has 1 heterocycles. The number of hydrogen-bond donors (Lipinski definition) is 0. The van der Waals surface area contributed by atoms with E-state index < -0.39 is 0 Å². The van der Waals surface area contributed by atoms with Crippen molar-refractivity contribution in [2.75, 3.05) is 0 Å². The zero-order chi connectivity index (χ0) is 22.4. The zero-order valence-corrected chi connectivity index (χ0v) is 18.7. The Morgan fingerprint density at radius 2 is 0.939 bits per heavy atom. The van der Waals surface area contributed by atoms with Gasteiger partial charge in [-0.05, 0) is 38.4 Å². The topological polar surface area (TPSA) is 38.7 Å². The van der Waals surface area contributed by atoms with E-state index in [1.165, 1.54) is 32.3 Å². The third-order valence-electron chi connectivity index (χ3n) is 6.20. The Labute approximate surface area is 192 Å². The van der Waals surface area contributed by atoms with Gasteiger partial charge in [0, 0.05) is 17.0 Å². The first-order chi connectivity index (χ1) is 16.2. The summed E-state index contributed by atoms with van der Waals surface area (Å²) in [6.07, 6.45) is 0. The maximum absolute atomic E-state index is 4.88. The Bertz CT molecular complexity index is 1600. The first-order valence-corrected chi connectivity index (χ1v) is 11.3. The van der Waals surface area contributed by atoms with E-state index in [1.807, 2.05) is 30.3 Å². The molecule has 0 aliphatic carbocycles. The molecule has 0 unspecified atom stereocenters. The largest absolute Gasteiger partial charge is 0.213 e. The lowest BCUT2D eigenvalue weighted by Crippen LogP contribution is -2.04. The van der Waals surface area contributed by atoms with Gasteiger partial charge < -0.3 is 0 Å². The van der Waals surface area contributed by atoms with Crippen molar-refractivity contribution in [3.8, 4) is 22.8 Å². The molecule has 0 aliphatic heterocycles. The van der Waals surface area contributed by atoms with Crippen LogP contribution in [0.25, 0.3) is 55.1 Å². The van der Waals surface area contributed by atoms with Crippen molar-refractivity contribution in [2.24, 2.45) is 0 Å². The van der Waals surface area contributed by atoms with Crippen LogP contribution in [0.2, 0.25) is 0 Å². The SMILES string of the molecule is CC(C)c1nc(-c2ccccc2)nc(-c2ccc3c4ccccc4c4ccccc4c3c2)n1. The number of hydrogen-bond acceptors (Lipinski definition) is 3. The normalized spacial score (nSPS) is 11.6. The van der Waals surface area contributed by atoms with E-state index in [1.54, 1.807) is 0 Å². The minimum absolute atomic E-state index is 0.208. The molecule has 158 valence electrons. The van der Waals surface area contributed by atoms with Crippen molar-refractivity contribution in [3.05, 3.63) is 103 Å². The van der Waals surface area contributed by atoms with Gasteiger partial charge in [0.25, 0.3) is 0 Å². The van der Waals surface area contributed by atoms with Crippen LogP contribution in [-0.2, 0) is 0 Å². The lowest BCUT2D eigenvalue weighted by atomic mass is 9.93. The molecule has 6 rings (SSSR count). The minimum atomic E-state index is 0.208. The molecule has 3 heteroatoms. The molecule has 0 saturated heterocycles. The van der Waals surface area contributed by atoms with Crippen LogP contribution in [0.5, 0.6) is 0 Å². The van der Waals surface area contributed by atoms with Crippen molar-refractivity contribution >= 4 is 32.3 Å². The summed E-state index contributed by atoms with van der Waals surface area (Å²) in [5.74, 6) is 2.45. The van der Waals surface area contributed by atoms with Gasteiger partial charge in [-0.1, -0.05) is 105 Å². The van der Waals surface area contributed by atoms with Gasteiger partial charge in [0.05, 0.1) is 0 Å². The second-order valence-corrected chi connectivity index (χ2v) is 8.71. The number of fused-ring (bicyclic) bond motifs is 6. The molecule has 0 spiro atoms. The summed E-state index contributed by atoms with van der Waals surface area (Å²) in [5.41, 5.74) is 2.00. The molecule has 5 aromatic carbocycles. The summed E-state index contributed by atoms with van der Waals surface area (Å²) < 4.78 is 0. The van der Waals surface area contributed by atoms with Gasteiger partial charge in [-0.15, -0.1) is 0 Å². The number of nitrogens with zero attached hydrogens (tertiary/aromatic N) is 3. The lowest BCUT2D eigenvalue weighted by molar-refractivity contribution is 0.766. The standard InChI is InChI=1S/C30H23N3/c1-19(2)28-31-29(20-10-4-3-5-11-20)33-30(32-28)21-16-17-26-24-14-7-6-12-22(24)23-13-8-9-15-25(23)27(26)18-21/h3-19H,1-2H3. The Morgan fingerprint density at radius 1 is 0.455 bits per heavy atom. The summed E-state index contributed by atoms with van der Waals surface area (Å²) in [6.45, 7) is 4.24. The third-order valence-corrected chi connectivity index (χ3v) is 6.20. The summed E-state index contributed by atoms with van der Waals surface area (Å²) >= 11 is 0. The van der Waals surface area contributed by atoms with E-state index in [0.29, 0.717) is 11.6 Å². The van der Waals surface area contributed by atoms with Crippen LogP contribution in [0.15, 0.2) is 97.1 Å². The Hall–Kier alpha value is -4.11. The van der Waals surface area contributed by atoms with Gasteiger partial charge in [-0.3, -0.25) is 0 Å². The molecule has 0 N–H and O–H groups in total. The molecule has 0 fully saturated rings. The fourth-order valence-corrected chi connectivity index (χ4v) is 4.54. The highest BCUT2D eigenvalue weighted by molar-refractivity contribution is 6.25. The molecule has 6 aromatic rings. The minimum Gasteiger partial charge on any atom is -0.213 e. The molecule has 0 aliphatic rings. The van der Waals surface area contributed by atoms with Gasteiger partial charge in [-0.2, -0.15) is 0 Å². The van der Waals surface area contributed by atoms with E-state index in [-0.39, 0.29) is 5.92 Å². The molecule has 0 atom stereocenters. The predicted octanol–water partition coefficient (Wildman–Crippen LogP) is 7.79. The zero-order valence-electron chi connectivity index (χ0n) is 18.7. The fraction of sp³-hybridized carbons (Fsp3) is 0.100. The fourth-order valence-electron chi connectivity index (χ4n) is 4.54. The first-order valence-electron chi connectivity index (χ1n) is 11.3. The van der Waals surface area contributed by atoms with Crippen LogP contribution in [-0.4, -0.2) is 15.0 Å². The maximum atomic E-state index is 4.88. The average Bonchev–Trinajstić information content (AvgIpc) is 2.89. The maximum Gasteiger partial charge on any atom is 0.163 e. The molecule has 0 bridgehead atoms. The van der Waals surface area contributed by atoms with E-state index in [0.717, 1.165) is 17.0 Å². The number of aromatic nitrogens is 3. The van der Waals surface area contributed by atoms with Crippen molar-refractivity contribution in [3.63, 3.8) is 0 Å². The van der Waals surface area contributed by atoms with Crippen molar-refractivity contribution in [2.45, 2.75) is 19.8 Å². The van der Waals surface area contributed by atoms with E-state index in [2.05, 4.69) is 80.6 Å².